The van der Waals surface area contributed by atoms with E-state index < -0.39 is 0 Å². The summed E-state index contributed by atoms with van der Waals surface area (Å²) < 4.78 is 0. The van der Waals surface area contributed by atoms with E-state index in [2.05, 4.69) is 11.9 Å². The van der Waals surface area contributed by atoms with Gasteiger partial charge in [-0.25, -0.2) is 0 Å². The molecule has 3 heteroatoms. The minimum absolute atomic E-state index is 0.170. The zero-order valence-electron chi connectivity index (χ0n) is 9.89. The van der Waals surface area contributed by atoms with Gasteiger partial charge in [-0.3, -0.25) is 4.79 Å². The Hall–Kier alpha value is -2.55. The van der Waals surface area contributed by atoms with Crippen molar-refractivity contribution in [1.29, 1.82) is 0 Å². The van der Waals surface area contributed by atoms with Gasteiger partial charge in [-0.05, 0) is 29.8 Å². The highest BCUT2D eigenvalue weighted by Gasteiger charge is 2.08. The van der Waals surface area contributed by atoms with Crippen LogP contribution in [0.5, 0.6) is 0 Å². The lowest BCUT2D eigenvalue weighted by atomic mass is 10.1. The van der Waals surface area contributed by atoms with E-state index in [1.54, 1.807) is 36.4 Å². The van der Waals surface area contributed by atoms with Crippen LogP contribution < -0.4 is 11.1 Å². The van der Waals surface area contributed by atoms with Crippen molar-refractivity contribution in [1.82, 2.24) is 0 Å². The van der Waals surface area contributed by atoms with E-state index in [9.17, 15) is 4.79 Å². The number of benzene rings is 2. The summed E-state index contributed by atoms with van der Waals surface area (Å²) in [6, 6.07) is 14.4. The summed E-state index contributed by atoms with van der Waals surface area (Å²) in [6.07, 6.45) is 1.66. The normalized spacial score (nSPS) is 9.78. The van der Waals surface area contributed by atoms with Crippen LogP contribution in [0.2, 0.25) is 0 Å². The van der Waals surface area contributed by atoms with E-state index >= 15 is 0 Å². The average molecular weight is 238 g/mol. The van der Waals surface area contributed by atoms with Crippen molar-refractivity contribution < 1.29 is 4.79 Å². The third kappa shape index (κ3) is 2.58. The van der Waals surface area contributed by atoms with Gasteiger partial charge in [0.2, 0.25) is 0 Å². The average Bonchev–Trinajstić information content (AvgIpc) is 2.38. The Labute approximate surface area is 106 Å². The quantitative estimate of drug-likeness (QED) is 0.807. The van der Waals surface area contributed by atoms with Gasteiger partial charge in [0.1, 0.15) is 0 Å². The minimum atomic E-state index is -0.170. The summed E-state index contributed by atoms with van der Waals surface area (Å²) in [7, 11) is 0. The fourth-order valence-electron chi connectivity index (χ4n) is 1.70. The molecule has 0 aromatic heterocycles. The van der Waals surface area contributed by atoms with Crippen LogP contribution in [-0.2, 0) is 0 Å². The molecule has 90 valence electrons. The highest BCUT2D eigenvalue weighted by Crippen LogP contribution is 2.15. The second kappa shape index (κ2) is 5.19. The second-order valence-electron chi connectivity index (χ2n) is 3.87. The van der Waals surface area contributed by atoms with Crippen LogP contribution in [0, 0.1) is 0 Å². The van der Waals surface area contributed by atoms with Crippen LogP contribution in [0.25, 0.3) is 6.08 Å². The summed E-state index contributed by atoms with van der Waals surface area (Å²) in [6.45, 7) is 3.70. The van der Waals surface area contributed by atoms with Gasteiger partial charge in [-0.15, -0.1) is 0 Å². The minimum Gasteiger partial charge on any atom is -0.399 e. The molecule has 2 aromatic rings. The molecule has 0 spiro atoms. The highest BCUT2D eigenvalue weighted by atomic mass is 16.1. The van der Waals surface area contributed by atoms with Gasteiger partial charge in [-0.1, -0.05) is 36.9 Å². The van der Waals surface area contributed by atoms with E-state index in [0.29, 0.717) is 16.9 Å². The SMILES string of the molecule is C=Cc1ccccc1C(=O)Nc1cccc(N)c1. The first-order valence-electron chi connectivity index (χ1n) is 5.59. The van der Waals surface area contributed by atoms with Crippen molar-refractivity contribution in [2.75, 3.05) is 11.1 Å². The van der Waals surface area contributed by atoms with Crippen molar-refractivity contribution >= 4 is 23.4 Å². The molecular formula is C15H14N2O. The molecule has 0 aliphatic rings. The molecular weight excluding hydrogens is 224 g/mol. The standard InChI is InChI=1S/C15H14N2O/c1-2-11-6-3-4-9-14(11)15(18)17-13-8-5-7-12(16)10-13/h2-10H,1,16H2,(H,17,18). The number of amides is 1. The Morgan fingerprint density at radius 3 is 2.67 bits per heavy atom. The maximum atomic E-state index is 12.1. The van der Waals surface area contributed by atoms with Crippen LogP contribution in [-0.4, -0.2) is 5.91 Å². The summed E-state index contributed by atoms with van der Waals surface area (Å²) in [5.41, 5.74) is 8.35. The number of nitrogen functional groups attached to an aromatic ring is 1. The number of rotatable bonds is 3. The van der Waals surface area contributed by atoms with Crippen molar-refractivity contribution in [3.63, 3.8) is 0 Å². The molecule has 0 heterocycles. The van der Waals surface area contributed by atoms with Crippen molar-refractivity contribution in [3.05, 3.63) is 66.2 Å². The number of hydrogen-bond donors (Lipinski definition) is 2. The summed E-state index contributed by atoms with van der Waals surface area (Å²) in [4.78, 5) is 12.1. The zero-order valence-corrected chi connectivity index (χ0v) is 9.89. The maximum absolute atomic E-state index is 12.1. The molecule has 2 aromatic carbocycles. The molecule has 2 rings (SSSR count). The van der Waals surface area contributed by atoms with Gasteiger partial charge in [0.05, 0.1) is 0 Å². The van der Waals surface area contributed by atoms with Gasteiger partial charge in [0.15, 0.2) is 0 Å². The van der Waals surface area contributed by atoms with E-state index in [-0.39, 0.29) is 5.91 Å². The Kier molecular flexibility index (Phi) is 3.44. The summed E-state index contributed by atoms with van der Waals surface area (Å²) in [5, 5.41) is 2.81. The molecule has 0 fully saturated rings. The summed E-state index contributed by atoms with van der Waals surface area (Å²) in [5.74, 6) is -0.170. The molecule has 0 saturated carbocycles. The van der Waals surface area contributed by atoms with Crippen LogP contribution in [0.4, 0.5) is 11.4 Å². The van der Waals surface area contributed by atoms with E-state index in [1.807, 2.05) is 18.2 Å². The van der Waals surface area contributed by atoms with Gasteiger partial charge >= 0.3 is 0 Å². The fraction of sp³-hybridized carbons (Fsp3) is 0. The first-order chi connectivity index (χ1) is 8.70. The molecule has 0 radical (unpaired) electrons. The van der Waals surface area contributed by atoms with Crippen LogP contribution >= 0.6 is 0 Å². The Bertz CT molecular complexity index is 591. The van der Waals surface area contributed by atoms with Gasteiger partial charge in [-0.2, -0.15) is 0 Å². The molecule has 0 bridgehead atoms. The molecule has 0 saturated heterocycles. The monoisotopic (exact) mass is 238 g/mol. The van der Waals surface area contributed by atoms with Gasteiger partial charge < -0.3 is 11.1 Å². The largest absolute Gasteiger partial charge is 0.399 e. The number of anilines is 2. The van der Waals surface area contributed by atoms with Crippen LogP contribution in [0.3, 0.4) is 0 Å². The van der Waals surface area contributed by atoms with E-state index in [1.165, 1.54) is 0 Å². The fourth-order valence-corrected chi connectivity index (χ4v) is 1.70. The second-order valence-corrected chi connectivity index (χ2v) is 3.87. The smallest absolute Gasteiger partial charge is 0.256 e. The topological polar surface area (TPSA) is 55.1 Å². The maximum Gasteiger partial charge on any atom is 0.256 e. The number of nitrogens with two attached hydrogens (primary N) is 1. The molecule has 18 heavy (non-hydrogen) atoms. The Morgan fingerprint density at radius 1 is 1.17 bits per heavy atom. The summed E-state index contributed by atoms with van der Waals surface area (Å²) >= 11 is 0. The molecule has 3 N–H and O–H groups in total. The van der Waals surface area contributed by atoms with Gasteiger partial charge in [0.25, 0.3) is 5.91 Å². The van der Waals surface area contributed by atoms with Gasteiger partial charge in [0, 0.05) is 16.9 Å². The lowest BCUT2D eigenvalue weighted by Crippen LogP contribution is -2.13. The molecule has 0 atom stereocenters. The molecule has 0 aliphatic carbocycles. The lowest BCUT2D eigenvalue weighted by Gasteiger charge is -2.08. The van der Waals surface area contributed by atoms with Crippen molar-refractivity contribution in [3.8, 4) is 0 Å². The molecule has 3 nitrogen and oxygen atoms in total. The molecule has 0 aliphatic heterocycles. The van der Waals surface area contributed by atoms with Crippen molar-refractivity contribution in [2.45, 2.75) is 0 Å². The first-order valence-corrected chi connectivity index (χ1v) is 5.59. The third-order valence-electron chi connectivity index (χ3n) is 2.57. The first kappa shape index (κ1) is 11.9. The van der Waals surface area contributed by atoms with Crippen molar-refractivity contribution in [2.24, 2.45) is 0 Å². The number of carbonyl (C=O) groups is 1. The number of hydrogen-bond acceptors (Lipinski definition) is 2. The third-order valence-corrected chi connectivity index (χ3v) is 2.57. The Morgan fingerprint density at radius 2 is 1.94 bits per heavy atom. The molecule has 0 unspecified atom stereocenters. The molecule has 1 amide bonds. The zero-order chi connectivity index (χ0) is 13.0. The number of nitrogens with one attached hydrogen (secondary N) is 1. The highest BCUT2D eigenvalue weighted by molar-refractivity contribution is 6.06. The van der Waals surface area contributed by atoms with E-state index in [0.717, 1.165) is 5.56 Å². The Balaban J connectivity index is 2.25. The van der Waals surface area contributed by atoms with Crippen LogP contribution in [0.15, 0.2) is 55.1 Å². The predicted molar refractivity (Wildman–Crippen MR) is 75.3 cm³/mol. The predicted octanol–water partition coefficient (Wildman–Crippen LogP) is 3.16. The van der Waals surface area contributed by atoms with E-state index in [4.69, 9.17) is 5.73 Å². The lowest BCUT2D eigenvalue weighted by molar-refractivity contribution is 0.102. The van der Waals surface area contributed by atoms with Crippen LogP contribution in [0.1, 0.15) is 15.9 Å². The number of carbonyl (C=O) groups excluding carboxylic acids is 1.